The third kappa shape index (κ3) is 1.35. The van der Waals surface area contributed by atoms with Gasteiger partial charge in [-0.05, 0) is 12.1 Å². The Hall–Kier alpha value is -1.51. The van der Waals surface area contributed by atoms with Crippen molar-refractivity contribution in [1.82, 2.24) is 0 Å². The van der Waals surface area contributed by atoms with E-state index in [0.29, 0.717) is 17.1 Å². The van der Waals surface area contributed by atoms with Crippen LogP contribution in [0.2, 0.25) is 0 Å². The van der Waals surface area contributed by atoms with Crippen molar-refractivity contribution >= 4 is 5.78 Å². The average molecular weight is 192 g/mol. The summed E-state index contributed by atoms with van der Waals surface area (Å²) in [7, 11) is 0. The lowest BCUT2D eigenvalue weighted by Gasteiger charge is -2.06. The fourth-order valence-electron chi connectivity index (χ4n) is 1.44. The number of carbonyl (C=O) groups is 1. The van der Waals surface area contributed by atoms with E-state index in [1.165, 1.54) is 0 Å². The number of ketones is 1. The first-order valence-corrected chi connectivity index (χ1v) is 4.63. The van der Waals surface area contributed by atoms with Gasteiger partial charge in [-0.3, -0.25) is 4.79 Å². The van der Waals surface area contributed by atoms with E-state index >= 15 is 0 Å². The van der Waals surface area contributed by atoms with Crippen LogP contribution in [0.3, 0.4) is 0 Å². The molecule has 1 aliphatic rings. The van der Waals surface area contributed by atoms with Crippen LogP contribution in [0.25, 0.3) is 0 Å². The summed E-state index contributed by atoms with van der Waals surface area (Å²) in [5.41, 5.74) is 0.620. The van der Waals surface area contributed by atoms with Crippen LogP contribution < -0.4 is 9.47 Å². The molecule has 1 heterocycles. The largest absolute Gasteiger partial charge is 0.454 e. The third-order valence-corrected chi connectivity index (χ3v) is 2.19. The van der Waals surface area contributed by atoms with Gasteiger partial charge in [-0.25, -0.2) is 0 Å². The lowest BCUT2D eigenvalue weighted by atomic mass is 10.00. The molecule has 0 atom stereocenters. The molecule has 0 fully saturated rings. The number of fused-ring (bicyclic) bond motifs is 1. The van der Waals surface area contributed by atoms with Gasteiger partial charge in [-0.1, -0.05) is 19.9 Å². The number of ether oxygens (including phenoxy) is 2. The Kier molecular flexibility index (Phi) is 2.15. The van der Waals surface area contributed by atoms with E-state index in [1.54, 1.807) is 12.1 Å². The van der Waals surface area contributed by atoms with E-state index in [-0.39, 0.29) is 18.5 Å². The van der Waals surface area contributed by atoms with Crippen molar-refractivity contribution < 1.29 is 14.3 Å². The van der Waals surface area contributed by atoms with E-state index < -0.39 is 0 Å². The molecule has 0 aromatic heterocycles. The Morgan fingerprint density at radius 1 is 1.36 bits per heavy atom. The Labute approximate surface area is 82.6 Å². The molecule has 0 N–H and O–H groups in total. The number of Topliss-reactive ketones (excluding diaryl/α,β-unsaturated/α-hetero) is 1. The molecule has 3 nitrogen and oxygen atoms in total. The van der Waals surface area contributed by atoms with Crippen LogP contribution in [0, 0.1) is 5.92 Å². The zero-order valence-corrected chi connectivity index (χ0v) is 8.24. The monoisotopic (exact) mass is 192 g/mol. The number of hydrogen-bond acceptors (Lipinski definition) is 3. The minimum Gasteiger partial charge on any atom is -0.454 e. The number of para-hydroxylation sites is 1. The summed E-state index contributed by atoms with van der Waals surface area (Å²) in [5, 5.41) is 0. The molecule has 3 heteroatoms. The lowest BCUT2D eigenvalue weighted by molar-refractivity contribution is 0.0934. The Morgan fingerprint density at radius 3 is 2.86 bits per heavy atom. The summed E-state index contributed by atoms with van der Waals surface area (Å²) >= 11 is 0. The van der Waals surface area contributed by atoms with E-state index in [0.717, 1.165) is 0 Å². The summed E-state index contributed by atoms with van der Waals surface area (Å²) in [4.78, 5) is 11.8. The van der Waals surface area contributed by atoms with Crippen molar-refractivity contribution in [3.63, 3.8) is 0 Å². The van der Waals surface area contributed by atoms with E-state index in [2.05, 4.69) is 0 Å². The quantitative estimate of drug-likeness (QED) is 0.674. The maximum atomic E-state index is 11.8. The first kappa shape index (κ1) is 9.06. The van der Waals surface area contributed by atoms with Crippen molar-refractivity contribution in [2.75, 3.05) is 6.79 Å². The standard InChI is InChI=1S/C11H12O3/c1-7(2)10(12)8-4-3-5-9-11(8)14-6-13-9/h3-5,7H,6H2,1-2H3. The molecule has 0 saturated carbocycles. The molecule has 14 heavy (non-hydrogen) atoms. The molecule has 0 spiro atoms. The van der Waals surface area contributed by atoms with Gasteiger partial charge in [0.1, 0.15) is 0 Å². The Bertz CT molecular complexity index is 369. The zero-order chi connectivity index (χ0) is 10.1. The smallest absolute Gasteiger partial charge is 0.231 e. The number of benzene rings is 1. The molecule has 0 aliphatic carbocycles. The summed E-state index contributed by atoms with van der Waals surface area (Å²) < 4.78 is 10.5. The molecule has 74 valence electrons. The van der Waals surface area contributed by atoms with Crippen molar-refractivity contribution in [1.29, 1.82) is 0 Å². The zero-order valence-electron chi connectivity index (χ0n) is 8.24. The molecular formula is C11H12O3. The van der Waals surface area contributed by atoms with Crippen molar-refractivity contribution in [3.8, 4) is 11.5 Å². The highest BCUT2D eigenvalue weighted by atomic mass is 16.7. The predicted octanol–water partition coefficient (Wildman–Crippen LogP) is 2.25. The first-order chi connectivity index (χ1) is 6.70. The minimum atomic E-state index is -0.0225. The summed E-state index contributed by atoms with van der Waals surface area (Å²) in [6.07, 6.45) is 0. The second-order valence-corrected chi connectivity index (χ2v) is 3.56. The number of carbonyl (C=O) groups excluding carboxylic acids is 1. The molecule has 0 unspecified atom stereocenters. The van der Waals surface area contributed by atoms with Crippen LogP contribution in [0.15, 0.2) is 18.2 Å². The molecule has 0 saturated heterocycles. The first-order valence-electron chi connectivity index (χ1n) is 4.63. The fourth-order valence-corrected chi connectivity index (χ4v) is 1.44. The normalized spacial score (nSPS) is 13.4. The van der Waals surface area contributed by atoms with E-state index in [1.807, 2.05) is 19.9 Å². The minimum absolute atomic E-state index is 0.0225. The van der Waals surface area contributed by atoms with Gasteiger partial charge in [0.2, 0.25) is 6.79 Å². The van der Waals surface area contributed by atoms with Gasteiger partial charge in [-0.2, -0.15) is 0 Å². The van der Waals surface area contributed by atoms with Gasteiger partial charge >= 0.3 is 0 Å². The van der Waals surface area contributed by atoms with Gasteiger partial charge in [0.15, 0.2) is 17.3 Å². The predicted molar refractivity (Wildman–Crippen MR) is 51.7 cm³/mol. The second-order valence-electron chi connectivity index (χ2n) is 3.56. The molecule has 0 amide bonds. The van der Waals surface area contributed by atoms with Crippen LogP contribution in [0.4, 0.5) is 0 Å². The van der Waals surface area contributed by atoms with Crippen LogP contribution in [0.5, 0.6) is 11.5 Å². The van der Waals surface area contributed by atoms with Crippen LogP contribution in [0.1, 0.15) is 24.2 Å². The van der Waals surface area contributed by atoms with E-state index in [4.69, 9.17) is 9.47 Å². The van der Waals surface area contributed by atoms with Gasteiger partial charge in [0.25, 0.3) is 0 Å². The highest BCUT2D eigenvalue weighted by Gasteiger charge is 2.22. The van der Waals surface area contributed by atoms with Gasteiger partial charge in [0.05, 0.1) is 5.56 Å². The molecule has 1 aromatic rings. The number of rotatable bonds is 2. The van der Waals surface area contributed by atoms with Crippen LogP contribution >= 0.6 is 0 Å². The fraction of sp³-hybridized carbons (Fsp3) is 0.364. The molecule has 1 aliphatic heterocycles. The van der Waals surface area contributed by atoms with Gasteiger partial charge in [0, 0.05) is 5.92 Å². The Balaban J connectivity index is 2.44. The molecular weight excluding hydrogens is 180 g/mol. The van der Waals surface area contributed by atoms with Crippen molar-refractivity contribution in [3.05, 3.63) is 23.8 Å². The van der Waals surface area contributed by atoms with Crippen molar-refractivity contribution in [2.45, 2.75) is 13.8 Å². The van der Waals surface area contributed by atoms with Gasteiger partial charge < -0.3 is 9.47 Å². The Morgan fingerprint density at radius 2 is 2.14 bits per heavy atom. The summed E-state index contributed by atoms with van der Waals surface area (Å²) in [6.45, 7) is 3.95. The summed E-state index contributed by atoms with van der Waals surface area (Å²) in [5.74, 6) is 1.32. The molecule has 1 aromatic carbocycles. The second kappa shape index (κ2) is 3.33. The highest BCUT2D eigenvalue weighted by molar-refractivity contribution is 6.00. The SMILES string of the molecule is CC(C)C(=O)c1cccc2c1OCO2. The third-order valence-electron chi connectivity index (χ3n) is 2.19. The van der Waals surface area contributed by atoms with Gasteiger partial charge in [-0.15, -0.1) is 0 Å². The van der Waals surface area contributed by atoms with Crippen LogP contribution in [-0.2, 0) is 0 Å². The lowest BCUT2D eigenvalue weighted by Crippen LogP contribution is -2.08. The average Bonchev–Trinajstić information content (AvgIpc) is 2.63. The molecule has 0 bridgehead atoms. The number of hydrogen-bond donors (Lipinski definition) is 0. The van der Waals surface area contributed by atoms with Crippen LogP contribution in [-0.4, -0.2) is 12.6 Å². The maximum Gasteiger partial charge on any atom is 0.231 e. The van der Waals surface area contributed by atoms with E-state index in [9.17, 15) is 4.79 Å². The highest BCUT2D eigenvalue weighted by Crippen LogP contribution is 2.36. The topological polar surface area (TPSA) is 35.5 Å². The maximum absolute atomic E-state index is 11.8. The molecule has 0 radical (unpaired) electrons. The summed E-state index contributed by atoms with van der Waals surface area (Å²) in [6, 6.07) is 5.39. The van der Waals surface area contributed by atoms with Crippen molar-refractivity contribution in [2.24, 2.45) is 5.92 Å². The molecule has 2 rings (SSSR count).